The van der Waals surface area contributed by atoms with E-state index in [2.05, 4.69) is 5.32 Å². The molecule has 20 heavy (non-hydrogen) atoms. The molecule has 8 heteroatoms. The highest BCUT2D eigenvalue weighted by molar-refractivity contribution is 5.97. The van der Waals surface area contributed by atoms with Gasteiger partial charge < -0.3 is 21.5 Å². The second kappa shape index (κ2) is 6.98. The Kier molecular flexibility index (Phi) is 5.33. The van der Waals surface area contributed by atoms with E-state index in [4.69, 9.17) is 16.2 Å². The van der Waals surface area contributed by atoms with Crippen molar-refractivity contribution in [3.05, 3.63) is 24.3 Å². The highest BCUT2D eigenvalue weighted by Gasteiger charge is 2.14. The quantitative estimate of drug-likeness (QED) is 0.559. The average molecular weight is 280 g/mol. The molecule has 0 unspecified atom stereocenters. The fraction of sp³-hybridized carbons (Fsp3) is 0.250. The number of hydrogen-bond acceptors (Lipinski definition) is 5. The maximum Gasteiger partial charge on any atom is 0.318 e. The van der Waals surface area contributed by atoms with Gasteiger partial charge >= 0.3 is 6.03 Å². The van der Waals surface area contributed by atoms with E-state index in [1.807, 2.05) is 5.32 Å². The first-order valence-electron chi connectivity index (χ1n) is 5.76. The molecule has 0 bridgehead atoms. The summed E-state index contributed by atoms with van der Waals surface area (Å²) in [6.07, 6.45) is 0. The molecule has 0 heterocycles. The zero-order chi connectivity index (χ0) is 15.1. The van der Waals surface area contributed by atoms with E-state index in [1.54, 1.807) is 31.2 Å². The first kappa shape index (κ1) is 15.3. The first-order valence-corrected chi connectivity index (χ1v) is 5.76. The van der Waals surface area contributed by atoms with E-state index >= 15 is 0 Å². The van der Waals surface area contributed by atoms with Gasteiger partial charge in [0.15, 0.2) is 6.61 Å². The normalized spacial score (nSPS) is 11.2. The number of ether oxygens (including phenoxy) is 1. The van der Waals surface area contributed by atoms with E-state index in [-0.39, 0.29) is 6.61 Å². The largest absolute Gasteiger partial charge is 0.484 e. The Morgan fingerprint density at radius 3 is 2.60 bits per heavy atom. The van der Waals surface area contributed by atoms with Crippen molar-refractivity contribution in [2.24, 2.45) is 11.5 Å². The molecule has 1 aromatic carbocycles. The van der Waals surface area contributed by atoms with Crippen LogP contribution in [0.5, 0.6) is 5.75 Å². The summed E-state index contributed by atoms with van der Waals surface area (Å²) in [7, 11) is 0. The summed E-state index contributed by atoms with van der Waals surface area (Å²) in [4.78, 5) is 32.7. The molecule has 6 N–H and O–H groups in total. The summed E-state index contributed by atoms with van der Waals surface area (Å²) in [6, 6.07) is 5.03. The SMILES string of the molecule is C[C@H](Nc1cccc(OCC(N)=O)c1)C(=O)NC(N)=O. The maximum absolute atomic E-state index is 11.5. The first-order chi connectivity index (χ1) is 9.38. The van der Waals surface area contributed by atoms with Crippen molar-refractivity contribution >= 4 is 23.5 Å². The van der Waals surface area contributed by atoms with Gasteiger partial charge in [0.2, 0.25) is 5.91 Å². The lowest BCUT2D eigenvalue weighted by Gasteiger charge is -2.14. The van der Waals surface area contributed by atoms with Gasteiger partial charge in [-0.15, -0.1) is 0 Å². The minimum Gasteiger partial charge on any atom is -0.484 e. The van der Waals surface area contributed by atoms with Gasteiger partial charge in [0, 0.05) is 11.8 Å². The second-order valence-corrected chi connectivity index (χ2v) is 4.00. The van der Waals surface area contributed by atoms with Gasteiger partial charge in [0.05, 0.1) is 0 Å². The number of nitrogens with two attached hydrogens (primary N) is 2. The van der Waals surface area contributed by atoms with E-state index in [0.717, 1.165) is 0 Å². The molecule has 1 atom stereocenters. The molecule has 0 spiro atoms. The lowest BCUT2D eigenvalue weighted by Crippen LogP contribution is -2.43. The van der Waals surface area contributed by atoms with E-state index in [0.29, 0.717) is 11.4 Å². The summed E-state index contributed by atoms with van der Waals surface area (Å²) in [5.74, 6) is -0.713. The number of carbonyl (C=O) groups excluding carboxylic acids is 3. The molecule has 1 aromatic rings. The molecular formula is C12H16N4O4. The Morgan fingerprint density at radius 2 is 2.00 bits per heavy atom. The van der Waals surface area contributed by atoms with E-state index < -0.39 is 23.9 Å². The predicted molar refractivity (Wildman–Crippen MR) is 71.9 cm³/mol. The molecule has 0 radical (unpaired) electrons. The summed E-state index contributed by atoms with van der Waals surface area (Å²) in [5, 5.41) is 4.82. The lowest BCUT2D eigenvalue weighted by molar-refractivity contribution is -0.121. The molecule has 0 saturated carbocycles. The molecular weight excluding hydrogens is 264 g/mol. The number of rotatable bonds is 6. The predicted octanol–water partition coefficient (Wildman–Crippen LogP) is -0.454. The number of nitrogens with one attached hydrogen (secondary N) is 2. The fourth-order valence-corrected chi connectivity index (χ4v) is 1.38. The van der Waals surface area contributed by atoms with Gasteiger partial charge in [-0.05, 0) is 19.1 Å². The molecule has 108 valence electrons. The highest BCUT2D eigenvalue weighted by atomic mass is 16.5. The molecule has 0 fully saturated rings. The van der Waals surface area contributed by atoms with Crippen LogP contribution in [-0.4, -0.2) is 30.5 Å². The number of amides is 4. The Labute approximate surface area is 115 Å². The molecule has 0 saturated heterocycles. The topological polar surface area (TPSA) is 137 Å². The fourth-order valence-electron chi connectivity index (χ4n) is 1.38. The van der Waals surface area contributed by atoms with Crippen molar-refractivity contribution in [3.63, 3.8) is 0 Å². The van der Waals surface area contributed by atoms with Crippen molar-refractivity contribution in [2.75, 3.05) is 11.9 Å². The lowest BCUT2D eigenvalue weighted by atomic mass is 10.2. The molecule has 0 aliphatic rings. The third kappa shape index (κ3) is 5.25. The zero-order valence-electron chi connectivity index (χ0n) is 10.9. The minimum atomic E-state index is -0.915. The van der Waals surface area contributed by atoms with Gasteiger partial charge in [-0.3, -0.25) is 14.9 Å². The van der Waals surface area contributed by atoms with E-state index in [9.17, 15) is 14.4 Å². The van der Waals surface area contributed by atoms with Crippen LogP contribution >= 0.6 is 0 Å². The van der Waals surface area contributed by atoms with Crippen LogP contribution in [0.25, 0.3) is 0 Å². The summed E-state index contributed by atoms with van der Waals surface area (Å²) in [6.45, 7) is 1.33. The number of benzene rings is 1. The summed E-state index contributed by atoms with van der Waals surface area (Å²) >= 11 is 0. The molecule has 8 nitrogen and oxygen atoms in total. The minimum absolute atomic E-state index is 0.235. The monoisotopic (exact) mass is 280 g/mol. The van der Waals surface area contributed by atoms with Crippen molar-refractivity contribution in [1.82, 2.24) is 5.32 Å². The van der Waals surface area contributed by atoms with Gasteiger partial charge in [0.1, 0.15) is 11.8 Å². The smallest absolute Gasteiger partial charge is 0.318 e. The average Bonchev–Trinajstić information content (AvgIpc) is 2.36. The van der Waals surface area contributed by atoms with Crippen molar-refractivity contribution in [2.45, 2.75) is 13.0 Å². The van der Waals surface area contributed by atoms with Crippen LogP contribution in [-0.2, 0) is 9.59 Å². The molecule has 1 rings (SSSR count). The Bertz CT molecular complexity index is 518. The highest BCUT2D eigenvalue weighted by Crippen LogP contribution is 2.17. The van der Waals surface area contributed by atoms with E-state index in [1.165, 1.54) is 0 Å². The molecule has 0 aliphatic heterocycles. The summed E-state index contributed by atoms with van der Waals surface area (Å²) < 4.78 is 5.13. The standard InChI is InChI=1S/C12H16N4O4/c1-7(11(18)16-12(14)19)15-8-3-2-4-9(5-8)20-6-10(13)17/h2-5,7,15H,6H2,1H3,(H2,13,17)(H3,14,16,18,19)/t7-/m0/s1. The van der Waals surface area contributed by atoms with Crippen LogP contribution in [0.3, 0.4) is 0 Å². The van der Waals surface area contributed by atoms with Crippen LogP contribution in [0.15, 0.2) is 24.3 Å². The van der Waals surface area contributed by atoms with Gasteiger partial charge in [-0.2, -0.15) is 0 Å². The number of hydrogen-bond donors (Lipinski definition) is 4. The summed E-state index contributed by atoms with van der Waals surface area (Å²) in [5.41, 5.74) is 10.4. The van der Waals surface area contributed by atoms with Gasteiger partial charge in [-0.1, -0.05) is 6.07 Å². The van der Waals surface area contributed by atoms with Crippen LogP contribution in [0.4, 0.5) is 10.5 Å². The molecule has 4 amide bonds. The number of anilines is 1. The number of imide groups is 1. The van der Waals surface area contributed by atoms with Crippen LogP contribution < -0.4 is 26.8 Å². The zero-order valence-corrected chi connectivity index (χ0v) is 10.9. The van der Waals surface area contributed by atoms with Crippen molar-refractivity contribution in [3.8, 4) is 5.75 Å². The Morgan fingerprint density at radius 1 is 1.30 bits per heavy atom. The van der Waals surface area contributed by atoms with Crippen LogP contribution in [0.1, 0.15) is 6.92 Å². The van der Waals surface area contributed by atoms with Crippen molar-refractivity contribution < 1.29 is 19.1 Å². The molecule has 0 aromatic heterocycles. The molecule has 0 aliphatic carbocycles. The second-order valence-electron chi connectivity index (χ2n) is 4.00. The number of carbonyl (C=O) groups is 3. The Hall–Kier alpha value is -2.77. The maximum atomic E-state index is 11.5. The third-order valence-corrected chi connectivity index (χ3v) is 2.24. The van der Waals surface area contributed by atoms with Gasteiger partial charge in [-0.25, -0.2) is 4.79 Å². The van der Waals surface area contributed by atoms with Crippen molar-refractivity contribution in [1.29, 1.82) is 0 Å². The Balaban J connectivity index is 2.63. The third-order valence-electron chi connectivity index (χ3n) is 2.24. The number of urea groups is 1. The van der Waals surface area contributed by atoms with Gasteiger partial charge in [0.25, 0.3) is 5.91 Å². The van der Waals surface area contributed by atoms with Crippen LogP contribution in [0, 0.1) is 0 Å². The number of primary amides is 2. The van der Waals surface area contributed by atoms with Crippen LogP contribution in [0.2, 0.25) is 0 Å².